The van der Waals surface area contributed by atoms with Gasteiger partial charge < -0.3 is 0 Å². The molecule has 0 saturated carbocycles. The molecule has 0 aromatic carbocycles. The summed E-state index contributed by atoms with van der Waals surface area (Å²) in [5.74, 6) is 0. The first-order valence-corrected chi connectivity index (χ1v) is 22.5. The molecule has 3 heteroatoms. The summed E-state index contributed by atoms with van der Waals surface area (Å²) >= 11 is -2.46. The first-order chi connectivity index (χ1) is 13.7. The van der Waals surface area contributed by atoms with Crippen molar-refractivity contribution in [2.45, 2.75) is 145 Å². The Morgan fingerprint density at radius 3 is 1.66 bits per heavy atom. The van der Waals surface area contributed by atoms with E-state index in [0.717, 1.165) is 0 Å². The quantitative estimate of drug-likeness (QED) is 0.0974. The second-order valence-corrected chi connectivity index (χ2v) is 25.5. The molecule has 1 radical (unpaired) electrons. The maximum absolute atomic E-state index is 7.05. The van der Waals surface area contributed by atoms with Crippen molar-refractivity contribution in [3.63, 3.8) is 0 Å². The van der Waals surface area contributed by atoms with E-state index in [9.17, 15) is 0 Å². The third-order valence-electron chi connectivity index (χ3n) is 6.00. The molecule has 0 aromatic heterocycles. The van der Waals surface area contributed by atoms with Crippen LogP contribution in [0, 0.1) is 5.41 Å². The van der Waals surface area contributed by atoms with E-state index in [-0.39, 0.29) is 0 Å². The van der Waals surface area contributed by atoms with Gasteiger partial charge in [-0.05, 0) is 0 Å². The molecule has 0 amide bonds. The van der Waals surface area contributed by atoms with Crippen LogP contribution in [0.25, 0.3) is 0 Å². The van der Waals surface area contributed by atoms with Crippen molar-refractivity contribution in [1.82, 2.24) is 0 Å². The Kier molecular flexibility index (Phi) is 17.5. The molecule has 0 bridgehead atoms. The van der Waals surface area contributed by atoms with Gasteiger partial charge in [0, 0.05) is 0 Å². The van der Waals surface area contributed by atoms with Gasteiger partial charge in [0.05, 0.1) is 0 Å². The van der Waals surface area contributed by atoms with Gasteiger partial charge in [-0.3, -0.25) is 0 Å². The molecule has 29 heavy (non-hydrogen) atoms. The van der Waals surface area contributed by atoms with Gasteiger partial charge in [-0.15, -0.1) is 0 Å². The topological polar surface area (TPSA) is 9.23 Å². The molecule has 0 saturated heterocycles. The summed E-state index contributed by atoms with van der Waals surface area (Å²) in [5.41, 5.74) is 0.379. The van der Waals surface area contributed by atoms with E-state index in [2.05, 4.69) is 61.1 Å². The zero-order chi connectivity index (χ0) is 22.2. The molecule has 0 aliphatic rings. The Labute approximate surface area is 191 Å². The van der Waals surface area contributed by atoms with Crippen molar-refractivity contribution in [3.8, 4) is 0 Å². The van der Waals surface area contributed by atoms with Crippen molar-refractivity contribution in [2.24, 2.45) is 5.41 Å². The van der Waals surface area contributed by atoms with Crippen molar-refractivity contribution in [2.75, 3.05) is 0 Å². The predicted octanol–water partition coefficient (Wildman–Crippen LogP) is 9.91. The molecule has 0 aromatic rings. The summed E-state index contributed by atoms with van der Waals surface area (Å²) in [6.45, 7) is 19.0. The fourth-order valence-corrected chi connectivity index (χ4v) is 24.7. The molecule has 0 fully saturated rings. The molecule has 0 unspecified atom stereocenters. The van der Waals surface area contributed by atoms with E-state index in [1.807, 2.05) is 0 Å². The third-order valence-corrected chi connectivity index (χ3v) is 23.8. The van der Waals surface area contributed by atoms with Crippen LogP contribution < -0.4 is 0 Å². The van der Waals surface area contributed by atoms with E-state index in [1.54, 1.807) is 3.78 Å². The summed E-state index contributed by atoms with van der Waals surface area (Å²) in [4.78, 5) is 0. The molecule has 0 N–H and O–H groups in total. The van der Waals surface area contributed by atoms with Gasteiger partial charge >= 0.3 is 192 Å². The maximum atomic E-state index is 7.05. The van der Waals surface area contributed by atoms with Crippen LogP contribution in [0.5, 0.6) is 0 Å². The van der Waals surface area contributed by atoms with Crippen LogP contribution in [-0.2, 0) is 4.43 Å². The fourth-order valence-electron chi connectivity index (χ4n) is 4.43. The Hall–Kier alpha value is 0.556. The van der Waals surface area contributed by atoms with Crippen molar-refractivity contribution >= 4 is 27.4 Å². The van der Waals surface area contributed by atoms with Gasteiger partial charge in [-0.25, -0.2) is 0 Å². The molecule has 0 aliphatic carbocycles. The first-order valence-electron chi connectivity index (χ1n) is 13.0. The number of allylic oxidation sites excluding steroid dienone is 1. The average molecular weight is 531 g/mol. The van der Waals surface area contributed by atoms with Crippen molar-refractivity contribution < 1.29 is 4.43 Å². The molecule has 0 heterocycles. The molecule has 1 nitrogen and oxygen atoms in total. The normalized spacial score (nSPS) is 13.3. The zero-order valence-corrected chi connectivity index (χ0v) is 25.4. The molecule has 0 rings (SSSR count). The monoisotopic (exact) mass is 531 g/mol. The minimum absolute atomic E-state index is 0.379. The summed E-state index contributed by atoms with van der Waals surface area (Å²) in [7, 11) is -0.764. The van der Waals surface area contributed by atoms with Crippen molar-refractivity contribution in [1.29, 1.82) is 0 Å². The standard InChI is InChI=1S/C14H28OSi.3C4H9.Sn/c1-6-7-8-9-10-11-12-15-16(5)13-14(2,3)4;3*1-3-4-2;/h11H,6-10,13H2,1-5H3;3*1,3-4H2,2H3;. The van der Waals surface area contributed by atoms with Crippen LogP contribution in [0.2, 0.25) is 25.9 Å². The number of unbranched alkanes of at least 4 members (excludes halogenated alkanes) is 7. The Morgan fingerprint density at radius 2 is 1.24 bits per heavy atom. The van der Waals surface area contributed by atoms with Gasteiger partial charge in [0.2, 0.25) is 0 Å². The number of hydrogen-bond donors (Lipinski definition) is 0. The van der Waals surface area contributed by atoms with E-state index in [0.29, 0.717) is 5.41 Å². The molecule has 173 valence electrons. The summed E-state index contributed by atoms with van der Waals surface area (Å²) in [6.07, 6.45) is 17.6. The van der Waals surface area contributed by atoms with Crippen molar-refractivity contribution in [3.05, 3.63) is 9.85 Å². The Bertz CT molecular complexity index is 392. The summed E-state index contributed by atoms with van der Waals surface area (Å²) in [6, 6.07) is 1.25. The van der Waals surface area contributed by atoms with Gasteiger partial charge in [-0.1, -0.05) is 0 Å². The Morgan fingerprint density at radius 1 is 0.759 bits per heavy atom. The van der Waals surface area contributed by atoms with E-state index < -0.39 is 27.4 Å². The zero-order valence-electron chi connectivity index (χ0n) is 21.6. The molecular formula is C26H55OSiSn. The molecular weight excluding hydrogens is 475 g/mol. The predicted molar refractivity (Wildman–Crippen MR) is 139 cm³/mol. The van der Waals surface area contributed by atoms with E-state index in [4.69, 9.17) is 4.43 Å². The van der Waals surface area contributed by atoms with Crippen LogP contribution in [0.3, 0.4) is 0 Å². The van der Waals surface area contributed by atoms with Crippen LogP contribution in [-0.4, -0.2) is 27.4 Å². The summed E-state index contributed by atoms with van der Waals surface area (Å²) < 4.78 is 13.2. The van der Waals surface area contributed by atoms with Crippen LogP contribution in [0.15, 0.2) is 9.85 Å². The number of rotatable bonds is 18. The van der Waals surface area contributed by atoms with Crippen LogP contribution in [0.1, 0.15) is 119 Å². The average Bonchev–Trinajstić information content (AvgIpc) is 2.65. The minimum atomic E-state index is -2.46. The molecule has 0 atom stereocenters. The molecule has 0 aliphatic heterocycles. The summed E-state index contributed by atoms with van der Waals surface area (Å²) in [5, 5.41) is 0. The second-order valence-electron chi connectivity index (χ2n) is 10.6. The van der Waals surface area contributed by atoms with Gasteiger partial charge in [0.15, 0.2) is 0 Å². The second kappa shape index (κ2) is 17.2. The van der Waals surface area contributed by atoms with Gasteiger partial charge in [-0.2, -0.15) is 0 Å². The SMILES string of the molecule is CCCCCC/C=[C](\O[Si](C)CC(C)(C)C)[Sn]([CH2]CCC)([CH2]CCC)[CH2]CCC. The fraction of sp³-hybridized carbons (Fsp3) is 0.923. The first kappa shape index (κ1) is 29.6. The van der Waals surface area contributed by atoms with Gasteiger partial charge in [0.25, 0.3) is 0 Å². The number of hydrogen-bond acceptors (Lipinski definition) is 1. The third kappa shape index (κ3) is 14.3. The van der Waals surface area contributed by atoms with E-state index in [1.165, 1.54) is 90.0 Å². The van der Waals surface area contributed by atoms with E-state index >= 15 is 0 Å². The van der Waals surface area contributed by atoms with Gasteiger partial charge in [0.1, 0.15) is 0 Å². The molecule has 0 spiro atoms. The van der Waals surface area contributed by atoms with Crippen LogP contribution >= 0.6 is 0 Å². The van der Waals surface area contributed by atoms with Crippen LogP contribution in [0.4, 0.5) is 0 Å². The Balaban J connectivity index is 5.68.